The average Bonchev–Trinajstić information content (AvgIpc) is 2.64. The molecule has 3 rings (SSSR count). The van der Waals surface area contributed by atoms with Crippen molar-refractivity contribution in [2.75, 3.05) is 13.1 Å². The van der Waals surface area contributed by atoms with E-state index in [1.54, 1.807) is 0 Å². The van der Waals surface area contributed by atoms with Gasteiger partial charge in [0.1, 0.15) is 6.04 Å². The minimum atomic E-state index is -0.599. The SMILES string of the molecule is Cl.Cl.Cl.NC(C(=O)NC1CCN(Cc2ccccn2)CC1)c1ccccc1. The zero-order valence-electron chi connectivity index (χ0n) is 15.0. The Labute approximate surface area is 179 Å². The van der Waals surface area contributed by atoms with Crippen molar-refractivity contribution in [3.8, 4) is 0 Å². The lowest BCUT2D eigenvalue weighted by Crippen LogP contribution is -2.46. The van der Waals surface area contributed by atoms with Gasteiger partial charge in [-0.1, -0.05) is 36.4 Å². The Hall–Kier alpha value is -1.37. The lowest BCUT2D eigenvalue weighted by Gasteiger charge is -2.32. The summed E-state index contributed by atoms with van der Waals surface area (Å²) in [4.78, 5) is 19.1. The average molecular weight is 434 g/mol. The highest BCUT2D eigenvalue weighted by Gasteiger charge is 2.23. The van der Waals surface area contributed by atoms with Crippen molar-refractivity contribution in [3.05, 3.63) is 66.0 Å². The Bertz CT molecular complexity index is 653. The zero-order valence-corrected chi connectivity index (χ0v) is 17.4. The second-order valence-electron chi connectivity index (χ2n) is 6.27. The summed E-state index contributed by atoms with van der Waals surface area (Å²) in [6, 6.07) is 15.1. The van der Waals surface area contributed by atoms with Crippen LogP contribution < -0.4 is 11.1 Å². The molecule has 8 heteroatoms. The molecule has 1 aromatic carbocycles. The fourth-order valence-electron chi connectivity index (χ4n) is 3.06. The molecular formula is C19H27Cl3N4O. The van der Waals surface area contributed by atoms with Gasteiger partial charge in [0.15, 0.2) is 0 Å². The summed E-state index contributed by atoms with van der Waals surface area (Å²) in [5.74, 6) is -0.0932. The van der Waals surface area contributed by atoms with E-state index < -0.39 is 6.04 Å². The first kappa shape index (κ1) is 25.6. The van der Waals surface area contributed by atoms with Crippen molar-refractivity contribution in [1.82, 2.24) is 15.2 Å². The lowest BCUT2D eigenvalue weighted by molar-refractivity contribution is -0.123. The molecule has 1 amide bonds. The van der Waals surface area contributed by atoms with Gasteiger partial charge in [0.25, 0.3) is 0 Å². The molecule has 3 N–H and O–H groups in total. The minimum Gasteiger partial charge on any atom is -0.352 e. The molecular weight excluding hydrogens is 407 g/mol. The summed E-state index contributed by atoms with van der Waals surface area (Å²) in [5, 5.41) is 3.10. The summed E-state index contributed by atoms with van der Waals surface area (Å²) < 4.78 is 0. The van der Waals surface area contributed by atoms with Crippen LogP contribution in [0.5, 0.6) is 0 Å². The molecule has 1 atom stereocenters. The summed E-state index contributed by atoms with van der Waals surface area (Å²) in [5.41, 5.74) is 7.99. The number of amides is 1. The second kappa shape index (κ2) is 12.9. The molecule has 0 radical (unpaired) electrons. The highest BCUT2D eigenvalue weighted by Crippen LogP contribution is 2.15. The van der Waals surface area contributed by atoms with Crippen molar-refractivity contribution in [3.63, 3.8) is 0 Å². The molecule has 1 saturated heterocycles. The second-order valence-corrected chi connectivity index (χ2v) is 6.27. The molecule has 1 unspecified atom stereocenters. The molecule has 150 valence electrons. The molecule has 0 spiro atoms. The molecule has 27 heavy (non-hydrogen) atoms. The van der Waals surface area contributed by atoms with Gasteiger partial charge in [-0.25, -0.2) is 0 Å². The quantitative estimate of drug-likeness (QED) is 0.760. The Morgan fingerprint density at radius 2 is 1.70 bits per heavy atom. The maximum atomic E-state index is 12.3. The van der Waals surface area contributed by atoms with Gasteiger partial charge in [-0.15, -0.1) is 37.2 Å². The molecule has 1 aromatic heterocycles. The normalized spacial score (nSPS) is 15.4. The van der Waals surface area contributed by atoms with Crippen LogP contribution in [0.25, 0.3) is 0 Å². The largest absolute Gasteiger partial charge is 0.352 e. The third-order valence-electron chi connectivity index (χ3n) is 4.49. The predicted octanol–water partition coefficient (Wildman–Crippen LogP) is 3.13. The number of nitrogens with one attached hydrogen (secondary N) is 1. The van der Waals surface area contributed by atoms with Crippen molar-refractivity contribution < 1.29 is 4.79 Å². The topological polar surface area (TPSA) is 71.2 Å². The maximum absolute atomic E-state index is 12.3. The van der Waals surface area contributed by atoms with Gasteiger partial charge in [0.05, 0.1) is 5.69 Å². The van der Waals surface area contributed by atoms with E-state index in [1.807, 2.05) is 54.7 Å². The number of piperidine rings is 1. The summed E-state index contributed by atoms with van der Waals surface area (Å²) in [7, 11) is 0. The Balaban J connectivity index is 0.00000225. The van der Waals surface area contributed by atoms with Crippen LogP contribution in [0.3, 0.4) is 0 Å². The summed E-state index contributed by atoms with van der Waals surface area (Å²) in [6.45, 7) is 2.79. The highest BCUT2D eigenvalue weighted by molar-refractivity contribution is 5.86. The maximum Gasteiger partial charge on any atom is 0.241 e. The van der Waals surface area contributed by atoms with Crippen LogP contribution in [-0.2, 0) is 11.3 Å². The number of benzene rings is 1. The number of halogens is 3. The van der Waals surface area contributed by atoms with Crippen LogP contribution >= 0.6 is 37.2 Å². The van der Waals surface area contributed by atoms with Gasteiger partial charge in [-0.3, -0.25) is 14.7 Å². The monoisotopic (exact) mass is 432 g/mol. The number of nitrogens with two attached hydrogens (primary N) is 1. The van der Waals surface area contributed by atoms with Crippen molar-refractivity contribution in [1.29, 1.82) is 0 Å². The van der Waals surface area contributed by atoms with Gasteiger partial charge in [-0.2, -0.15) is 0 Å². The first-order valence-electron chi connectivity index (χ1n) is 8.45. The fraction of sp³-hybridized carbons (Fsp3) is 0.368. The Morgan fingerprint density at radius 1 is 1.07 bits per heavy atom. The molecule has 1 fully saturated rings. The number of carbonyl (C=O) groups excluding carboxylic acids is 1. The minimum absolute atomic E-state index is 0. The number of nitrogens with zero attached hydrogens (tertiary/aromatic N) is 2. The van der Waals surface area contributed by atoms with E-state index in [4.69, 9.17) is 5.73 Å². The standard InChI is InChI=1S/C19H24N4O.3ClH/c20-18(15-6-2-1-3-7-15)19(24)22-16-9-12-23(13-10-16)14-17-8-4-5-11-21-17;;;/h1-8,11,16,18H,9-10,12-14,20H2,(H,22,24);3*1H. The van der Waals surface area contributed by atoms with E-state index in [-0.39, 0.29) is 49.2 Å². The van der Waals surface area contributed by atoms with Gasteiger partial charge < -0.3 is 11.1 Å². The molecule has 5 nitrogen and oxygen atoms in total. The van der Waals surface area contributed by atoms with Gasteiger partial charge in [-0.05, 0) is 30.5 Å². The van der Waals surface area contributed by atoms with Crippen LogP contribution in [0, 0.1) is 0 Å². The fourth-order valence-corrected chi connectivity index (χ4v) is 3.06. The molecule has 1 aliphatic heterocycles. The van der Waals surface area contributed by atoms with Gasteiger partial charge in [0.2, 0.25) is 5.91 Å². The third-order valence-corrected chi connectivity index (χ3v) is 4.49. The lowest BCUT2D eigenvalue weighted by atomic mass is 10.0. The predicted molar refractivity (Wildman–Crippen MR) is 116 cm³/mol. The van der Waals surface area contributed by atoms with E-state index in [9.17, 15) is 4.79 Å². The van der Waals surface area contributed by atoms with E-state index in [0.717, 1.165) is 43.7 Å². The van der Waals surface area contributed by atoms with Crippen LogP contribution in [0.1, 0.15) is 30.1 Å². The number of pyridine rings is 1. The van der Waals surface area contributed by atoms with E-state index in [2.05, 4.69) is 15.2 Å². The van der Waals surface area contributed by atoms with E-state index >= 15 is 0 Å². The number of likely N-dealkylation sites (tertiary alicyclic amines) is 1. The molecule has 2 heterocycles. The van der Waals surface area contributed by atoms with Gasteiger partial charge >= 0.3 is 0 Å². The molecule has 0 aliphatic carbocycles. The van der Waals surface area contributed by atoms with Crippen LogP contribution in [0.2, 0.25) is 0 Å². The first-order valence-corrected chi connectivity index (χ1v) is 8.45. The first-order chi connectivity index (χ1) is 11.7. The number of rotatable bonds is 5. The smallest absolute Gasteiger partial charge is 0.241 e. The van der Waals surface area contributed by atoms with Crippen molar-refractivity contribution in [2.24, 2.45) is 5.73 Å². The Kier molecular flexibility index (Phi) is 12.3. The molecule has 0 saturated carbocycles. The highest BCUT2D eigenvalue weighted by atomic mass is 35.5. The number of carbonyl (C=O) groups is 1. The zero-order chi connectivity index (χ0) is 16.8. The number of aromatic nitrogens is 1. The van der Waals surface area contributed by atoms with Crippen molar-refractivity contribution >= 4 is 43.1 Å². The molecule has 2 aromatic rings. The number of hydrogen-bond acceptors (Lipinski definition) is 4. The number of hydrogen-bond donors (Lipinski definition) is 2. The third kappa shape index (κ3) is 7.64. The van der Waals surface area contributed by atoms with Gasteiger partial charge in [0, 0.05) is 31.9 Å². The van der Waals surface area contributed by atoms with Crippen LogP contribution in [-0.4, -0.2) is 34.9 Å². The molecule has 1 aliphatic rings. The van der Waals surface area contributed by atoms with Crippen LogP contribution in [0.15, 0.2) is 54.7 Å². The summed E-state index contributed by atoms with van der Waals surface area (Å²) in [6.07, 6.45) is 3.72. The summed E-state index contributed by atoms with van der Waals surface area (Å²) >= 11 is 0. The molecule has 0 bridgehead atoms. The Morgan fingerprint density at radius 3 is 2.30 bits per heavy atom. The van der Waals surface area contributed by atoms with Crippen LogP contribution in [0.4, 0.5) is 0 Å². The van der Waals surface area contributed by atoms with E-state index in [1.165, 1.54) is 0 Å². The van der Waals surface area contributed by atoms with E-state index in [0.29, 0.717) is 0 Å². The van der Waals surface area contributed by atoms with Crippen molar-refractivity contribution in [2.45, 2.75) is 31.5 Å².